The van der Waals surface area contributed by atoms with Gasteiger partial charge in [-0.25, -0.2) is 4.79 Å². The lowest BCUT2D eigenvalue weighted by atomic mass is 10.1. The van der Waals surface area contributed by atoms with Crippen molar-refractivity contribution in [2.24, 2.45) is 0 Å². The third-order valence-electron chi connectivity index (χ3n) is 1.89. The molecule has 0 saturated heterocycles. The van der Waals surface area contributed by atoms with Gasteiger partial charge in [-0.2, -0.15) is 0 Å². The van der Waals surface area contributed by atoms with Crippen LogP contribution in [0.1, 0.15) is 18.6 Å². The normalized spacial score (nSPS) is 11.6. The van der Waals surface area contributed by atoms with E-state index in [2.05, 4.69) is 11.3 Å². The van der Waals surface area contributed by atoms with Gasteiger partial charge in [-0.3, -0.25) is 4.79 Å². The molecule has 0 saturated carbocycles. The van der Waals surface area contributed by atoms with Gasteiger partial charge < -0.3 is 13.9 Å². The molecule has 16 heavy (non-hydrogen) atoms. The number of hydrogen-bond acceptors (Lipinski definition) is 5. The third kappa shape index (κ3) is 2.73. The van der Waals surface area contributed by atoms with Crippen molar-refractivity contribution in [3.8, 4) is 0 Å². The van der Waals surface area contributed by atoms with Crippen molar-refractivity contribution in [3.63, 3.8) is 0 Å². The predicted molar refractivity (Wildman–Crippen MR) is 54.4 cm³/mol. The summed E-state index contributed by atoms with van der Waals surface area (Å²) in [5.74, 6) is -1.15. The molecule has 1 atom stereocenters. The van der Waals surface area contributed by atoms with E-state index in [0.29, 0.717) is 5.56 Å². The quantitative estimate of drug-likeness (QED) is 0.574. The van der Waals surface area contributed by atoms with E-state index in [9.17, 15) is 9.59 Å². The number of carbonyl (C=O) groups is 2. The van der Waals surface area contributed by atoms with E-state index in [0.717, 1.165) is 0 Å². The predicted octanol–water partition coefficient (Wildman–Crippen LogP) is 1.61. The van der Waals surface area contributed by atoms with Crippen molar-refractivity contribution < 1.29 is 23.5 Å². The topological polar surface area (TPSA) is 65.7 Å². The summed E-state index contributed by atoms with van der Waals surface area (Å²) in [7, 11) is 1.23. The van der Waals surface area contributed by atoms with Crippen molar-refractivity contribution in [2.75, 3.05) is 7.11 Å². The standard InChI is InChI=1S/C11H12O5/c1-7(11(13)14-3)10(16-8(2)12)9-4-5-15-6-9/h4-6,10H,1H2,2-3H3. The van der Waals surface area contributed by atoms with Gasteiger partial charge in [-0.05, 0) is 6.07 Å². The minimum absolute atomic E-state index is 0.0408. The molecule has 5 heteroatoms. The van der Waals surface area contributed by atoms with E-state index in [1.807, 2.05) is 0 Å². The molecule has 0 spiro atoms. The van der Waals surface area contributed by atoms with Crippen LogP contribution in [-0.2, 0) is 19.1 Å². The SMILES string of the molecule is C=C(C(=O)OC)C(OC(C)=O)c1ccoc1. The molecule has 0 amide bonds. The zero-order valence-corrected chi connectivity index (χ0v) is 9.06. The minimum atomic E-state index is -0.872. The number of esters is 2. The fourth-order valence-corrected chi connectivity index (χ4v) is 1.17. The second-order valence-electron chi connectivity index (χ2n) is 3.06. The minimum Gasteiger partial charge on any atom is -0.472 e. The van der Waals surface area contributed by atoms with Gasteiger partial charge >= 0.3 is 11.9 Å². The molecule has 1 aromatic heterocycles. The van der Waals surface area contributed by atoms with Crippen LogP contribution in [0.25, 0.3) is 0 Å². The van der Waals surface area contributed by atoms with Crippen LogP contribution in [0.3, 0.4) is 0 Å². The van der Waals surface area contributed by atoms with Gasteiger partial charge in [0.1, 0.15) is 0 Å². The number of methoxy groups -OCH3 is 1. The van der Waals surface area contributed by atoms with E-state index in [4.69, 9.17) is 9.15 Å². The summed E-state index contributed by atoms with van der Waals surface area (Å²) in [5, 5.41) is 0. The maximum absolute atomic E-state index is 11.3. The van der Waals surface area contributed by atoms with Crippen molar-refractivity contribution in [1.29, 1.82) is 0 Å². The van der Waals surface area contributed by atoms with E-state index in [-0.39, 0.29) is 5.57 Å². The highest BCUT2D eigenvalue weighted by atomic mass is 16.6. The Kier molecular flexibility index (Phi) is 3.88. The summed E-state index contributed by atoms with van der Waals surface area (Å²) in [6.07, 6.45) is 1.92. The summed E-state index contributed by atoms with van der Waals surface area (Å²) in [6, 6.07) is 1.59. The average Bonchev–Trinajstić information content (AvgIpc) is 2.76. The van der Waals surface area contributed by atoms with Crippen molar-refractivity contribution >= 4 is 11.9 Å². The van der Waals surface area contributed by atoms with E-state index in [1.54, 1.807) is 6.07 Å². The van der Waals surface area contributed by atoms with Crippen LogP contribution in [0.2, 0.25) is 0 Å². The highest BCUT2D eigenvalue weighted by Crippen LogP contribution is 2.26. The lowest BCUT2D eigenvalue weighted by Gasteiger charge is -2.16. The number of rotatable bonds is 4. The Morgan fingerprint density at radius 1 is 1.50 bits per heavy atom. The van der Waals surface area contributed by atoms with Crippen molar-refractivity contribution in [2.45, 2.75) is 13.0 Å². The molecule has 0 bridgehead atoms. The molecule has 0 N–H and O–H groups in total. The van der Waals surface area contributed by atoms with Crippen molar-refractivity contribution in [1.82, 2.24) is 0 Å². The Morgan fingerprint density at radius 2 is 2.19 bits per heavy atom. The highest BCUT2D eigenvalue weighted by Gasteiger charge is 2.25. The first-order chi connectivity index (χ1) is 7.56. The zero-order chi connectivity index (χ0) is 12.1. The number of ether oxygens (including phenoxy) is 2. The lowest BCUT2D eigenvalue weighted by molar-refractivity contribution is -0.147. The van der Waals surface area contributed by atoms with Crippen LogP contribution in [-0.4, -0.2) is 19.0 Å². The average molecular weight is 224 g/mol. The molecule has 1 unspecified atom stereocenters. The zero-order valence-electron chi connectivity index (χ0n) is 9.06. The molecule has 0 fully saturated rings. The van der Waals surface area contributed by atoms with Gasteiger partial charge in [0.2, 0.25) is 0 Å². The fourth-order valence-electron chi connectivity index (χ4n) is 1.17. The van der Waals surface area contributed by atoms with Gasteiger partial charge in [-0.15, -0.1) is 0 Å². The maximum atomic E-state index is 11.3. The second kappa shape index (κ2) is 5.16. The number of hydrogen-bond donors (Lipinski definition) is 0. The Bertz CT molecular complexity index is 391. The van der Waals surface area contributed by atoms with Gasteiger partial charge in [0.25, 0.3) is 0 Å². The van der Waals surface area contributed by atoms with Crippen molar-refractivity contribution in [3.05, 3.63) is 36.3 Å². The summed E-state index contributed by atoms with van der Waals surface area (Å²) in [4.78, 5) is 22.2. The first-order valence-electron chi connectivity index (χ1n) is 4.52. The summed E-state index contributed by atoms with van der Waals surface area (Å²) >= 11 is 0. The van der Waals surface area contributed by atoms with E-state index in [1.165, 1.54) is 26.6 Å². The molecule has 0 aliphatic heterocycles. The molecule has 0 radical (unpaired) electrons. The molecule has 86 valence electrons. The van der Waals surface area contributed by atoms with Crippen LogP contribution < -0.4 is 0 Å². The molecule has 0 aliphatic carbocycles. The Morgan fingerprint density at radius 3 is 2.62 bits per heavy atom. The number of furan rings is 1. The largest absolute Gasteiger partial charge is 0.472 e. The molecular weight excluding hydrogens is 212 g/mol. The smallest absolute Gasteiger partial charge is 0.337 e. The fraction of sp³-hybridized carbons (Fsp3) is 0.273. The summed E-state index contributed by atoms with van der Waals surface area (Å²) in [6.45, 7) is 4.79. The molecule has 0 aliphatic rings. The molecule has 1 aromatic rings. The monoisotopic (exact) mass is 224 g/mol. The molecule has 1 rings (SSSR count). The van der Waals surface area contributed by atoms with Crippen LogP contribution in [0.4, 0.5) is 0 Å². The van der Waals surface area contributed by atoms with Gasteiger partial charge in [0, 0.05) is 12.5 Å². The first-order valence-corrected chi connectivity index (χ1v) is 4.52. The summed E-state index contributed by atoms with van der Waals surface area (Å²) in [5.41, 5.74) is 0.574. The van der Waals surface area contributed by atoms with E-state index < -0.39 is 18.0 Å². The Labute approximate surface area is 92.6 Å². The molecular formula is C11H12O5. The van der Waals surface area contributed by atoms with Gasteiger partial charge in [-0.1, -0.05) is 6.58 Å². The van der Waals surface area contributed by atoms with Crippen LogP contribution >= 0.6 is 0 Å². The van der Waals surface area contributed by atoms with Gasteiger partial charge in [0.05, 0.1) is 25.2 Å². The van der Waals surface area contributed by atoms with Crippen LogP contribution in [0.5, 0.6) is 0 Å². The first kappa shape index (κ1) is 12.0. The lowest BCUT2D eigenvalue weighted by Crippen LogP contribution is -2.16. The van der Waals surface area contributed by atoms with Gasteiger partial charge in [0.15, 0.2) is 6.10 Å². The van der Waals surface area contributed by atoms with Crippen LogP contribution in [0.15, 0.2) is 35.2 Å². The highest BCUT2D eigenvalue weighted by molar-refractivity contribution is 5.89. The number of carbonyl (C=O) groups excluding carboxylic acids is 2. The van der Waals surface area contributed by atoms with Crippen LogP contribution in [0, 0.1) is 0 Å². The molecule has 0 aromatic carbocycles. The molecule has 1 heterocycles. The Balaban J connectivity index is 2.92. The second-order valence-corrected chi connectivity index (χ2v) is 3.06. The third-order valence-corrected chi connectivity index (χ3v) is 1.89. The van der Waals surface area contributed by atoms with E-state index >= 15 is 0 Å². The summed E-state index contributed by atoms with van der Waals surface area (Å²) < 4.78 is 14.3. The maximum Gasteiger partial charge on any atom is 0.337 e. The Hall–Kier alpha value is -2.04. The molecule has 5 nitrogen and oxygen atoms in total.